The normalized spacial score (nSPS) is 10.6. The summed E-state index contributed by atoms with van der Waals surface area (Å²) >= 11 is 0. The zero-order valence-electron chi connectivity index (χ0n) is 17.2. The van der Waals surface area contributed by atoms with Crippen LogP contribution in [0.2, 0.25) is 0 Å². The molecule has 0 saturated heterocycles. The Balaban J connectivity index is 1.53. The van der Waals surface area contributed by atoms with Gasteiger partial charge in [-0.3, -0.25) is 14.6 Å². The first-order valence-electron chi connectivity index (χ1n) is 10.0. The van der Waals surface area contributed by atoms with Crippen LogP contribution in [0, 0.1) is 5.82 Å². The van der Waals surface area contributed by atoms with Gasteiger partial charge >= 0.3 is 0 Å². The summed E-state index contributed by atoms with van der Waals surface area (Å²) in [6.07, 6.45) is 5.21. The van der Waals surface area contributed by atoms with Crippen molar-refractivity contribution in [3.8, 4) is 5.69 Å². The molecule has 160 valence electrons. The van der Waals surface area contributed by atoms with Crippen LogP contribution in [0.25, 0.3) is 5.69 Å². The van der Waals surface area contributed by atoms with Crippen molar-refractivity contribution in [2.45, 2.75) is 13.3 Å². The second-order valence-electron chi connectivity index (χ2n) is 6.97. The standard InChI is InChI=1S/C24H20FN5O2/c1-2-22-21(15-27-30(22)20-8-6-17(25)7-9-20)24(32)29-19-5-3-4-16(14-19)23(31)28-18-10-12-26-13-11-18/h3-15H,2H2,1H3,(H,29,32)(H,26,28,31). The monoisotopic (exact) mass is 429 g/mol. The van der Waals surface area contributed by atoms with E-state index in [9.17, 15) is 14.0 Å². The SMILES string of the molecule is CCc1c(C(=O)Nc2cccc(C(=O)Nc3ccncc3)c2)cnn1-c1ccc(F)cc1. The Hall–Kier alpha value is -4.33. The summed E-state index contributed by atoms with van der Waals surface area (Å²) in [7, 11) is 0. The summed E-state index contributed by atoms with van der Waals surface area (Å²) in [6.45, 7) is 1.91. The average Bonchev–Trinajstić information content (AvgIpc) is 3.25. The van der Waals surface area contributed by atoms with Crippen LogP contribution >= 0.6 is 0 Å². The molecule has 4 aromatic rings. The second kappa shape index (κ2) is 9.22. The van der Waals surface area contributed by atoms with E-state index in [2.05, 4.69) is 20.7 Å². The number of hydrogen-bond acceptors (Lipinski definition) is 4. The molecular formula is C24H20FN5O2. The van der Waals surface area contributed by atoms with Gasteiger partial charge in [0.2, 0.25) is 0 Å². The van der Waals surface area contributed by atoms with Gasteiger partial charge in [-0.2, -0.15) is 5.10 Å². The average molecular weight is 429 g/mol. The molecule has 0 aliphatic carbocycles. The maximum absolute atomic E-state index is 13.2. The minimum atomic E-state index is -0.345. The fourth-order valence-corrected chi connectivity index (χ4v) is 3.28. The molecule has 2 heterocycles. The topological polar surface area (TPSA) is 88.9 Å². The van der Waals surface area contributed by atoms with Crippen molar-refractivity contribution in [2.75, 3.05) is 10.6 Å². The molecule has 0 saturated carbocycles. The molecule has 4 rings (SSSR count). The van der Waals surface area contributed by atoms with E-state index in [4.69, 9.17) is 0 Å². The van der Waals surface area contributed by atoms with E-state index in [0.717, 1.165) is 0 Å². The highest BCUT2D eigenvalue weighted by atomic mass is 19.1. The van der Waals surface area contributed by atoms with Crippen LogP contribution in [0.3, 0.4) is 0 Å². The number of rotatable bonds is 6. The third kappa shape index (κ3) is 4.54. The van der Waals surface area contributed by atoms with Crippen LogP contribution in [0.4, 0.5) is 15.8 Å². The smallest absolute Gasteiger partial charge is 0.259 e. The first-order valence-corrected chi connectivity index (χ1v) is 10.0. The van der Waals surface area contributed by atoms with Gasteiger partial charge in [-0.25, -0.2) is 9.07 Å². The Kier molecular flexibility index (Phi) is 6.03. The summed E-state index contributed by atoms with van der Waals surface area (Å²) in [5.41, 5.74) is 3.27. The Morgan fingerprint density at radius 2 is 1.66 bits per heavy atom. The van der Waals surface area contributed by atoms with Crippen LogP contribution in [-0.4, -0.2) is 26.6 Å². The van der Waals surface area contributed by atoms with Crippen LogP contribution in [0.1, 0.15) is 33.3 Å². The number of pyridine rings is 1. The number of amides is 2. The lowest BCUT2D eigenvalue weighted by Gasteiger charge is -2.10. The summed E-state index contributed by atoms with van der Waals surface area (Å²) in [4.78, 5) is 29.4. The highest BCUT2D eigenvalue weighted by Crippen LogP contribution is 2.19. The number of halogens is 1. The lowest BCUT2D eigenvalue weighted by Crippen LogP contribution is -2.16. The Bertz CT molecular complexity index is 1250. The molecule has 0 bridgehead atoms. The van der Waals surface area contributed by atoms with Gasteiger partial charge in [0.05, 0.1) is 23.1 Å². The van der Waals surface area contributed by atoms with Crippen LogP contribution in [-0.2, 0) is 6.42 Å². The molecule has 0 aliphatic rings. The summed E-state index contributed by atoms with van der Waals surface area (Å²) in [5.74, 6) is -0.989. The molecule has 0 aliphatic heterocycles. The lowest BCUT2D eigenvalue weighted by atomic mass is 10.1. The third-order valence-corrected chi connectivity index (χ3v) is 4.84. The summed E-state index contributed by atoms with van der Waals surface area (Å²) in [6, 6.07) is 15.9. The van der Waals surface area contributed by atoms with Gasteiger partial charge in [-0.1, -0.05) is 13.0 Å². The number of aromatic nitrogens is 3. The first-order chi connectivity index (χ1) is 15.5. The van der Waals surface area contributed by atoms with Crippen molar-refractivity contribution in [1.29, 1.82) is 0 Å². The van der Waals surface area contributed by atoms with Gasteiger partial charge in [-0.15, -0.1) is 0 Å². The molecule has 2 aromatic heterocycles. The van der Waals surface area contributed by atoms with E-state index in [1.807, 2.05) is 6.92 Å². The van der Waals surface area contributed by atoms with Crippen LogP contribution in [0.5, 0.6) is 0 Å². The molecular weight excluding hydrogens is 409 g/mol. The molecule has 2 amide bonds. The maximum Gasteiger partial charge on any atom is 0.259 e. The number of carbonyl (C=O) groups is 2. The van der Waals surface area contributed by atoms with Gasteiger partial charge < -0.3 is 10.6 Å². The van der Waals surface area contributed by atoms with Crippen LogP contribution in [0.15, 0.2) is 79.3 Å². The Labute approximate surface area is 183 Å². The van der Waals surface area contributed by atoms with Crippen molar-refractivity contribution < 1.29 is 14.0 Å². The molecule has 0 unspecified atom stereocenters. The molecule has 0 spiro atoms. The third-order valence-electron chi connectivity index (χ3n) is 4.84. The number of anilines is 2. The van der Waals surface area contributed by atoms with Gasteiger partial charge in [0.1, 0.15) is 5.82 Å². The second-order valence-corrected chi connectivity index (χ2v) is 6.97. The van der Waals surface area contributed by atoms with E-state index in [-0.39, 0.29) is 17.6 Å². The molecule has 32 heavy (non-hydrogen) atoms. The molecule has 2 N–H and O–H groups in total. The number of nitrogens with zero attached hydrogens (tertiary/aromatic N) is 3. The molecule has 8 heteroatoms. The molecule has 0 radical (unpaired) electrons. The zero-order valence-corrected chi connectivity index (χ0v) is 17.2. The predicted octanol–water partition coefficient (Wildman–Crippen LogP) is 4.47. The summed E-state index contributed by atoms with van der Waals surface area (Å²) in [5, 5.41) is 9.91. The highest BCUT2D eigenvalue weighted by Gasteiger charge is 2.18. The fraction of sp³-hybridized carbons (Fsp3) is 0.0833. The highest BCUT2D eigenvalue weighted by molar-refractivity contribution is 6.07. The molecule has 2 aromatic carbocycles. The molecule has 7 nitrogen and oxygen atoms in total. The minimum absolute atomic E-state index is 0.300. The van der Waals surface area contributed by atoms with Crippen molar-refractivity contribution >= 4 is 23.2 Å². The zero-order chi connectivity index (χ0) is 22.5. The van der Waals surface area contributed by atoms with Crippen LogP contribution < -0.4 is 10.6 Å². The van der Waals surface area contributed by atoms with E-state index >= 15 is 0 Å². The first kappa shape index (κ1) is 20.9. The van der Waals surface area contributed by atoms with E-state index in [0.29, 0.717) is 40.3 Å². The van der Waals surface area contributed by atoms with Crippen molar-refractivity contribution in [3.05, 3.63) is 102 Å². The predicted molar refractivity (Wildman–Crippen MR) is 119 cm³/mol. The number of carbonyl (C=O) groups excluding carboxylic acids is 2. The van der Waals surface area contributed by atoms with E-state index in [1.165, 1.54) is 18.3 Å². The fourth-order valence-electron chi connectivity index (χ4n) is 3.28. The number of nitrogens with one attached hydrogen (secondary N) is 2. The van der Waals surface area contributed by atoms with Gasteiger partial charge in [-0.05, 0) is 61.0 Å². The van der Waals surface area contributed by atoms with Crippen molar-refractivity contribution in [3.63, 3.8) is 0 Å². The molecule has 0 fully saturated rings. The van der Waals surface area contributed by atoms with Crippen molar-refractivity contribution in [1.82, 2.24) is 14.8 Å². The van der Waals surface area contributed by atoms with Crippen molar-refractivity contribution in [2.24, 2.45) is 0 Å². The minimum Gasteiger partial charge on any atom is -0.322 e. The number of hydrogen-bond donors (Lipinski definition) is 2. The van der Waals surface area contributed by atoms with E-state index < -0.39 is 0 Å². The van der Waals surface area contributed by atoms with E-state index in [1.54, 1.807) is 65.6 Å². The largest absolute Gasteiger partial charge is 0.322 e. The molecule has 0 atom stereocenters. The maximum atomic E-state index is 13.2. The Morgan fingerprint density at radius 1 is 0.938 bits per heavy atom. The lowest BCUT2D eigenvalue weighted by molar-refractivity contribution is 0.101. The number of benzene rings is 2. The van der Waals surface area contributed by atoms with Gasteiger partial charge in [0.25, 0.3) is 11.8 Å². The van der Waals surface area contributed by atoms with Gasteiger partial charge in [0, 0.05) is 29.3 Å². The quantitative estimate of drug-likeness (QED) is 0.473. The summed E-state index contributed by atoms with van der Waals surface area (Å²) < 4.78 is 14.9. The van der Waals surface area contributed by atoms with Gasteiger partial charge in [0.15, 0.2) is 0 Å². The Morgan fingerprint density at radius 3 is 2.38 bits per heavy atom.